The fraction of sp³-hybridized carbons (Fsp3) is 0.273. The van der Waals surface area contributed by atoms with Crippen LogP contribution in [0.1, 0.15) is 15.9 Å². The first-order valence-corrected chi connectivity index (χ1v) is 5.69. The molecule has 4 heteroatoms. The van der Waals surface area contributed by atoms with E-state index in [1.807, 2.05) is 18.2 Å². The van der Waals surface area contributed by atoms with Gasteiger partial charge in [-0.05, 0) is 12.0 Å². The Kier molecular flexibility index (Phi) is 2.77. The van der Waals surface area contributed by atoms with Crippen LogP contribution in [0.3, 0.4) is 0 Å². The molecule has 0 bridgehead atoms. The normalized spacial score (nSPS) is 20.5. The molecule has 1 atom stereocenters. The standard InChI is InChI=1S/C11H10O3S/c12-9-6-15-10(11(13)14)5-7-3-1-2-4-8(7)9/h1-4,10H,5-6H2,(H,13,14). The van der Waals surface area contributed by atoms with Gasteiger partial charge in [0.25, 0.3) is 0 Å². The van der Waals surface area contributed by atoms with Crippen molar-refractivity contribution in [2.75, 3.05) is 5.75 Å². The minimum atomic E-state index is -0.843. The Hall–Kier alpha value is -1.29. The maximum absolute atomic E-state index is 11.7. The second-order valence-corrected chi connectivity index (χ2v) is 4.61. The summed E-state index contributed by atoms with van der Waals surface area (Å²) < 4.78 is 0. The number of ketones is 1. The van der Waals surface area contributed by atoms with Crippen molar-refractivity contribution in [3.8, 4) is 0 Å². The summed E-state index contributed by atoms with van der Waals surface area (Å²) in [6.07, 6.45) is 0.432. The van der Waals surface area contributed by atoms with Crippen molar-refractivity contribution in [2.24, 2.45) is 0 Å². The summed E-state index contributed by atoms with van der Waals surface area (Å²) in [5, 5.41) is 8.44. The summed E-state index contributed by atoms with van der Waals surface area (Å²) in [7, 11) is 0. The fourth-order valence-corrected chi connectivity index (χ4v) is 2.59. The molecular formula is C11H10O3S. The van der Waals surface area contributed by atoms with Crippen LogP contribution in [0, 0.1) is 0 Å². The average molecular weight is 222 g/mol. The second kappa shape index (κ2) is 4.06. The number of rotatable bonds is 1. The molecule has 1 aliphatic heterocycles. The van der Waals surface area contributed by atoms with Crippen molar-refractivity contribution >= 4 is 23.5 Å². The molecule has 0 radical (unpaired) electrons. The molecule has 3 nitrogen and oxygen atoms in total. The monoisotopic (exact) mass is 222 g/mol. The van der Waals surface area contributed by atoms with Gasteiger partial charge in [0.05, 0.1) is 5.75 Å². The van der Waals surface area contributed by atoms with E-state index in [0.717, 1.165) is 5.56 Å². The number of carboxylic acids is 1. The largest absolute Gasteiger partial charge is 0.480 e. The number of fused-ring (bicyclic) bond motifs is 1. The lowest BCUT2D eigenvalue weighted by Gasteiger charge is -2.07. The highest BCUT2D eigenvalue weighted by Gasteiger charge is 2.26. The number of hydrogen-bond acceptors (Lipinski definition) is 3. The first-order chi connectivity index (χ1) is 7.18. The van der Waals surface area contributed by atoms with Crippen molar-refractivity contribution in [1.29, 1.82) is 0 Å². The molecule has 1 aromatic rings. The number of Topliss-reactive ketones (excluding diaryl/α,β-unsaturated/α-hetero) is 1. The molecule has 0 aromatic heterocycles. The van der Waals surface area contributed by atoms with Gasteiger partial charge in [-0.1, -0.05) is 24.3 Å². The van der Waals surface area contributed by atoms with Gasteiger partial charge in [0, 0.05) is 5.56 Å². The number of carbonyl (C=O) groups is 2. The lowest BCUT2D eigenvalue weighted by molar-refractivity contribution is -0.136. The quantitative estimate of drug-likeness (QED) is 0.784. The Balaban J connectivity index is 2.38. The summed E-state index contributed by atoms with van der Waals surface area (Å²) in [5.74, 6) is -0.558. The highest BCUT2D eigenvalue weighted by atomic mass is 32.2. The zero-order chi connectivity index (χ0) is 10.8. The third kappa shape index (κ3) is 2.04. The number of carbonyl (C=O) groups excluding carboxylic acids is 1. The smallest absolute Gasteiger partial charge is 0.316 e. The average Bonchev–Trinajstić information content (AvgIpc) is 2.39. The molecule has 78 valence electrons. The molecule has 0 aliphatic carbocycles. The number of benzene rings is 1. The summed E-state index contributed by atoms with van der Waals surface area (Å²) >= 11 is 1.21. The van der Waals surface area contributed by atoms with Crippen LogP contribution < -0.4 is 0 Å². The van der Waals surface area contributed by atoms with Crippen LogP contribution in [-0.4, -0.2) is 27.9 Å². The van der Waals surface area contributed by atoms with Gasteiger partial charge < -0.3 is 5.11 Å². The van der Waals surface area contributed by atoms with Crippen molar-refractivity contribution < 1.29 is 14.7 Å². The molecule has 0 fully saturated rings. The van der Waals surface area contributed by atoms with Gasteiger partial charge in [0.2, 0.25) is 0 Å². The summed E-state index contributed by atoms with van der Waals surface area (Å²) in [6, 6.07) is 7.24. The van der Waals surface area contributed by atoms with Gasteiger partial charge in [-0.25, -0.2) is 0 Å². The predicted molar refractivity (Wildman–Crippen MR) is 58.4 cm³/mol. The maximum atomic E-state index is 11.7. The van der Waals surface area contributed by atoms with Crippen molar-refractivity contribution in [2.45, 2.75) is 11.7 Å². The van der Waals surface area contributed by atoms with Crippen LogP contribution in [-0.2, 0) is 11.2 Å². The Morgan fingerprint density at radius 3 is 2.87 bits per heavy atom. The molecule has 0 saturated carbocycles. The lowest BCUT2D eigenvalue weighted by atomic mass is 10.0. The Bertz CT molecular complexity index is 414. The van der Waals surface area contributed by atoms with Gasteiger partial charge in [-0.15, -0.1) is 11.8 Å². The highest BCUT2D eigenvalue weighted by molar-refractivity contribution is 8.01. The van der Waals surface area contributed by atoms with Crippen LogP contribution in [0.25, 0.3) is 0 Å². The first kappa shape index (κ1) is 10.2. The van der Waals surface area contributed by atoms with E-state index in [9.17, 15) is 9.59 Å². The predicted octanol–water partition coefficient (Wildman–Crippen LogP) is 1.61. The number of thioether (sulfide) groups is 1. The van der Waals surface area contributed by atoms with Crippen LogP contribution >= 0.6 is 11.8 Å². The second-order valence-electron chi connectivity index (χ2n) is 3.42. The molecule has 1 heterocycles. The van der Waals surface area contributed by atoms with E-state index in [0.29, 0.717) is 12.0 Å². The summed E-state index contributed by atoms with van der Waals surface area (Å²) in [5.41, 5.74) is 1.52. The minimum absolute atomic E-state index is 0.0272. The third-order valence-electron chi connectivity index (χ3n) is 2.41. The lowest BCUT2D eigenvalue weighted by Crippen LogP contribution is -2.18. The molecule has 15 heavy (non-hydrogen) atoms. The van der Waals surface area contributed by atoms with Gasteiger partial charge in [0.15, 0.2) is 5.78 Å². The van der Waals surface area contributed by atoms with Crippen molar-refractivity contribution in [3.63, 3.8) is 0 Å². The zero-order valence-electron chi connectivity index (χ0n) is 7.97. The van der Waals surface area contributed by atoms with E-state index in [4.69, 9.17) is 5.11 Å². The molecule has 1 aromatic carbocycles. The Labute approximate surface area is 91.5 Å². The van der Waals surface area contributed by atoms with Crippen LogP contribution in [0.15, 0.2) is 24.3 Å². The van der Waals surface area contributed by atoms with Crippen molar-refractivity contribution in [3.05, 3.63) is 35.4 Å². The minimum Gasteiger partial charge on any atom is -0.480 e. The first-order valence-electron chi connectivity index (χ1n) is 4.64. The molecule has 0 amide bonds. The molecule has 2 rings (SSSR count). The molecule has 1 aliphatic rings. The van der Waals surface area contributed by atoms with Crippen molar-refractivity contribution in [1.82, 2.24) is 0 Å². The fourth-order valence-electron chi connectivity index (χ4n) is 1.64. The van der Waals surface area contributed by atoms with Gasteiger partial charge in [-0.3, -0.25) is 9.59 Å². The molecule has 1 N–H and O–H groups in total. The Morgan fingerprint density at radius 2 is 2.13 bits per heavy atom. The van der Waals surface area contributed by atoms with Gasteiger partial charge in [-0.2, -0.15) is 0 Å². The SMILES string of the molecule is O=C1CSC(C(=O)O)Cc2ccccc21. The number of hydrogen-bond donors (Lipinski definition) is 1. The maximum Gasteiger partial charge on any atom is 0.316 e. The zero-order valence-corrected chi connectivity index (χ0v) is 8.79. The van der Waals surface area contributed by atoms with Crippen LogP contribution in [0.4, 0.5) is 0 Å². The molecule has 1 unspecified atom stereocenters. The Morgan fingerprint density at radius 1 is 1.40 bits per heavy atom. The van der Waals surface area contributed by atoms with E-state index < -0.39 is 11.2 Å². The van der Waals surface area contributed by atoms with Crippen LogP contribution in [0.5, 0.6) is 0 Å². The van der Waals surface area contributed by atoms with Gasteiger partial charge in [0.1, 0.15) is 5.25 Å². The van der Waals surface area contributed by atoms with Gasteiger partial charge >= 0.3 is 5.97 Å². The van der Waals surface area contributed by atoms with E-state index in [2.05, 4.69) is 0 Å². The van der Waals surface area contributed by atoms with E-state index in [1.165, 1.54) is 11.8 Å². The van der Waals surface area contributed by atoms with Crippen LogP contribution in [0.2, 0.25) is 0 Å². The van der Waals surface area contributed by atoms with E-state index >= 15 is 0 Å². The molecule has 0 spiro atoms. The molecule has 0 saturated heterocycles. The number of aliphatic carboxylic acids is 1. The summed E-state index contributed by atoms with van der Waals surface area (Å²) in [6.45, 7) is 0. The van der Waals surface area contributed by atoms with E-state index in [1.54, 1.807) is 6.07 Å². The van der Waals surface area contributed by atoms with E-state index in [-0.39, 0.29) is 11.5 Å². The highest BCUT2D eigenvalue weighted by Crippen LogP contribution is 2.25. The topological polar surface area (TPSA) is 54.4 Å². The third-order valence-corrected chi connectivity index (χ3v) is 3.61. The summed E-state index contributed by atoms with van der Waals surface area (Å²) in [4.78, 5) is 22.6. The number of carboxylic acid groups (broad SMARTS) is 1. The molecular weight excluding hydrogens is 212 g/mol.